The molecule has 0 unspecified atom stereocenters. The van der Waals surface area contributed by atoms with Crippen LogP contribution in [-0.4, -0.2) is 56.5 Å². The van der Waals surface area contributed by atoms with Gasteiger partial charge in [0.05, 0.1) is 15.9 Å². The van der Waals surface area contributed by atoms with Crippen molar-refractivity contribution in [3.63, 3.8) is 0 Å². The molecular weight excluding hydrogens is 424 g/mol. The number of aliphatic hydroxyl groups is 1. The number of fused-ring (bicyclic) bond motifs is 1. The van der Waals surface area contributed by atoms with Crippen molar-refractivity contribution < 1.29 is 9.90 Å². The first-order valence-corrected chi connectivity index (χ1v) is 11.2. The highest BCUT2D eigenvalue weighted by Crippen LogP contribution is 2.38. The van der Waals surface area contributed by atoms with Crippen LogP contribution in [0.3, 0.4) is 0 Å². The normalized spacial score (nSPS) is 16.2. The van der Waals surface area contributed by atoms with Crippen molar-refractivity contribution in [1.82, 2.24) is 24.8 Å². The predicted molar refractivity (Wildman–Crippen MR) is 124 cm³/mol. The first-order chi connectivity index (χ1) is 15.6. The lowest BCUT2D eigenvalue weighted by Crippen LogP contribution is -2.41. The Bertz CT molecular complexity index is 1250. The van der Waals surface area contributed by atoms with E-state index >= 15 is 0 Å². The molecule has 1 aromatic carbocycles. The van der Waals surface area contributed by atoms with Crippen LogP contribution in [-0.2, 0) is 10.4 Å². The maximum absolute atomic E-state index is 11.0. The van der Waals surface area contributed by atoms with Crippen molar-refractivity contribution in [1.29, 1.82) is 0 Å². The molecule has 1 aliphatic heterocycles. The highest BCUT2D eigenvalue weighted by atomic mass is 32.1. The summed E-state index contributed by atoms with van der Waals surface area (Å²) in [6.07, 6.45) is 7.10. The third kappa shape index (κ3) is 3.86. The van der Waals surface area contributed by atoms with Gasteiger partial charge in [0.15, 0.2) is 11.0 Å². The van der Waals surface area contributed by atoms with Gasteiger partial charge >= 0.3 is 0 Å². The van der Waals surface area contributed by atoms with E-state index in [4.69, 9.17) is 0 Å². The van der Waals surface area contributed by atoms with E-state index in [2.05, 4.69) is 30.2 Å². The van der Waals surface area contributed by atoms with Gasteiger partial charge in [-0.05, 0) is 49.7 Å². The molecule has 4 aromatic rings. The lowest BCUT2D eigenvalue weighted by Gasteiger charge is -2.35. The number of nitrogens with one attached hydrogen (secondary N) is 1. The molecule has 0 atom stereocenters. The summed E-state index contributed by atoms with van der Waals surface area (Å²) in [6.45, 7) is 1.62. The Morgan fingerprint density at radius 1 is 1.12 bits per heavy atom. The molecular formula is C23H22N6O2S. The van der Waals surface area contributed by atoms with Gasteiger partial charge < -0.3 is 15.3 Å². The summed E-state index contributed by atoms with van der Waals surface area (Å²) in [5.41, 5.74) is 3.23. The van der Waals surface area contributed by atoms with Crippen molar-refractivity contribution in [2.24, 2.45) is 0 Å². The van der Waals surface area contributed by atoms with Gasteiger partial charge in [-0.2, -0.15) is 0 Å². The number of pyridine rings is 1. The summed E-state index contributed by atoms with van der Waals surface area (Å²) in [7, 11) is 2.05. The number of piperidine rings is 1. The van der Waals surface area contributed by atoms with Gasteiger partial charge in [-0.3, -0.25) is 9.78 Å². The second-order valence-electron chi connectivity index (χ2n) is 8.00. The van der Waals surface area contributed by atoms with Gasteiger partial charge in [-0.15, -0.1) is 0 Å². The molecule has 0 spiro atoms. The third-order valence-electron chi connectivity index (χ3n) is 5.83. The van der Waals surface area contributed by atoms with Gasteiger partial charge in [0.2, 0.25) is 6.41 Å². The highest BCUT2D eigenvalue weighted by molar-refractivity contribution is 7.22. The molecule has 4 heterocycles. The summed E-state index contributed by atoms with van der Waals surface area (Å²) in [6, 6.07) is 9.75. The molecule has 9 heteroatoms. The van der Waals surface area contributed by atoms with Crippen LogP contribution >= 0.6 is 11.3 Å². The molecule has 1 saturated heterocycles. The van der Waals surface area contributed by atoms with E-state index in [9.17, 15) is 9.90 Å². The number of rotatable bonds is 5. The Morgan fingerprint density at radius 2 is 1.91 bits per heavy atom. The quantitative estimate of drug-likeness (QED) is 0.453. The van der Waals surface area contributed by atoms with E-state index in [-0.39, 0.29) is 0 Å². The molecule has 162 valence electrons. The molecule has 0 saturated carbocycles. The molecule has 0 bridgehead atoms. The summed E-state index contributed by atoms with van der Waals surface area (Å²) < 4.78 is 0.940. The molecule has 5 rings (SSSR count). The maximum atomic E-state index is 11.0. The zero-order chi connectivity index (χ0) is 22.1. The molecule has 0 aliphatic carbocycles. The fourth-order valence-corrected chi connectivity index (χ4v) is 4.88. The highest BCUT2D eigenvalue weighted by Gasteiger charge is 2.35. The van der Waals surface area contributed by atoms with Crippen molar-refractivity contribution >= 4 is 33.1 Å². The zero-order valence-corrected chi connectivity index (χ0v) is 18.3. The number of hydrogen-bond donors (Lipinski definition) is 2. The Kier molecular flexibility index (Phi) is 5.38. The Hall–Kier alpha value is -3.27. The number of carbonyl (C=O) groups is 1. The largest absolute Gasteiger partial charge is 0.382 e. The van der Waals surface area contributed by atoms with E-state index < -0.39 is 5.60 Å². The summed E-state index contributed by atoms with van der Waals surface area (Å²) >= 11 is 1.41. The van der Waals surface area contributed by atoms with Crippen LogP contribution in [0.5, 0.6) is 0 Å². The third-order valence-corrected chi connectivity index (χ3v) is 6.86. The van der Waals surface area contributed by atoms with Crippen molar-refractivity contribution in [2.75, 3.05) is 25.5 Å². The minimum Gasteiger partial charge on any atom is -0.382 e. The minimum absolute atomic E-state index is 0.464. The molecule has 1 aliphatic rings. The van der Waals surface area contributed by atoms with E-state index in [0.717, 1.165) is 45.7 Å². The molecule has 3 aromatic heterocycles. The van der Waals surface area contributed by atoms with Crippen LogP contribution < -0.4 is 5.32 Å². The number of hydrogen-bond acceptors (Lipinski definition) is 8. The number of nitrogens with zero attached hydrogens (tertiary/aromatic N) is 5. The average molecular weight is 447 g/mol. The molecule has 1 fully saturated rings. The monoisotopic (exact) mass is 446 g/mol. The Labute approximate surface area is 189 Å². The first kappa shape index (κ1) is 20.6. The van der Waals surface area contributed by atoms with Crippen molar-refractivity contribution in [2.45, 2.75) is 18.4 Å². The van der Waals surface area contributed by atoms with Crippen LogP contribution in [0.1, 0.15) is 18.7 Å². The van der Waals surface area contributed by atoms with E-state index in [1.807, 2.05) is 37.4 Å². The van der Waals surface area contributed by atoms with E-state index in [0.29, 0.717) is 30.2 Å². The SMILES string of the molecule is CN1CCC(O)(c2ncc(-c3cc(-c4ccccn4)c4sc(NC=O)nc4c3)cn2)CC1. The molecule has 32 heavy (non-hydrogen) atoms. The van der Waals surface area contributed by atoms with Crippen LogP contribution in [0.25, 0.3) is 32.6 Å². The number of thiazole rings is 1. The second kappa shape index (κ2) is 8.34. The summed E-state index contributed by atoms with van der Waals surface area (Å²) in [4.78, 5) is 31.2. The number of carbonyl (C=O) groups excluding carboxylic acids is 1. The zero-order valence-electron chi connectivity index (χ0n) is 17.5. The van der Waals surface area contributed by atoms with E-state index in [1.165, 1.54) is 11.3 Å². The number of aromatic nitrogens is 4. The summed E-state index contributed by atoms with van der Waals surface area (Å²) in [5.74, 6) is 0.464. The van der Waals surface area contributed by atoms with Gasteiger partial charge in [-0.1, -0.05) is 17.4 Å². The van der Waals surface area contributed by atoms with Gasteiger partial charge in [0.25, 0.3) is 0 Å². The number of benzene rings is 1. The van der Waals surface area contributed by atoms with Crippen LogP contribution in [0.15, 0.2) is 48.9 Å². The van der Waals surface area contributed by atoms with E-state index in [1.54, 1.807) is 18.6 Å². The average Bonchev–Trinajstić information content (AvgIpc) is 3.24. The van der Waals surface area contributed by atoms with Crippen LogP contribution in [0.2, 0.25) is 0 Å². The van der Waals surface area contributed by atoms with Crippen molar-refractivity contribution in [3.05, 3.63) is 54.7 Å². The lowest BCUT2D eigenvalue weighted by molar-refractivity contribution is -0.105. The molecule has 2 N–H and O–H groups in total. The second-order valence-corrected chi connectivity index (χ2v) is 9.00. The summed E-state index contributed by atoms with van der Waals surface area (Å²) in [5, 5.41) is 14.2. The number of anilines is 1. The fourth-order valence-electron chi connectivity index (χ4n) is 3.95. The van der Waals surface area contributed by atoms with Gasteiger partial charge in [0.1, 0.15) is 5.60 Å². The number of likely N-dealkylation sites (tertiary alicyclic amines) is 1. The first-order valence-electron chi connectivity index (χ1n) is 10.4. The molecule has 0 radical (unpaired) electrons. The van der Waals surface area contributed by atoms with Crippen LogP contribution in [0, 0.1) is 0 Å². The molecule has 8 nitrogen and oxygen atoms in total. The Morgan fingerprint density at radius 3 is 2.59 bits per heavy atom. The fraction of sp³-hybridized carbons (Fsp3) is 0.261. The van der Waals surface area contributed by atoms with Crippen LogP contribution in [0.4, 0.5) is 5.13 Å². The standard InChI is InChI=1S/C23H22N6O2S/c1-29-8-5-23(31,6-9-29)21-25-12-16(13-26-21)15-10-17(18-4-2-3-7-24-18)20-19(11-15)28-22(32-20)27-14-30/h2-4,7,10-14,31H,5-6,8-9H2,1H3,(H,27,28,30). The maximum Gasteiger partial charge on any atom is 0.213 e. The van der Waals surface area contributed by atoms with Gasteiger partial charge in [-0.25, -0.2) is 15.0 Å². The predicted octanol–water partition coefficient (Wildman–Crippen LogP) is 3.30. The number of amides is 1. The Balaban J connectivity index is 1.56. The topological polar surface area (TPSA) is 104 Å². The smallest absolute Gasteiger partial charge is 0.213 e. The lowest BCUT2D eigenvalue weighted by atomic mass is 9.90. The molecule has 1 amide bonds. The van der Waals surface area contributed by atoms with Crippen molar-refractivity contribution in [3.8, 4) is 22.4 Å². The minimum atomic E-state index is -0.988. The van der Waals surface area contributed by atoms with Gasteiger partial charge in [0, 0.05) is 42.8 Å².